The SMILES string of the molecule is CNCc1[nH]nc(-c2ccc3ncoc3c2)c1C. The molecule has 0 fully saturated rings. The summed E-state index contributed by atoms with van der Waals surface area (Å²) in [5.41, 5.74) is 5.90. The minimum atomic E-state index is 0.781. The molecule has 0 unspecified atom stereocenters. The minimum Gasteiger partial charge on any atom is -0.443 e. The molecule has 5 nitrogen and oxygen atoms in total. The predicted molar refractivity (Wildman–Crippen MR) is 69.1 cm³/mol. The van der Waals surface area contributed by atoms with Crippen molar-refractivity contribution in [2.45, 2.75) is 13.5 Å². The second kappa shape index (κ2) is 4.27. The number of fused-ring (bicyclic) bond motifs is 1. The maximum atomic E-state index is 5.31. The molecule has 0 radical (unpaired) electrons. The highest BCUT2D eigenvalue weighted by molar-refractivity contribution is 5.79. The van der Waals surface area contributed by atoms with Gasteiger partial charge in [-0.1, -0.05) is 6.07 Å². The quantitative estimate of drug-likeness (QED) is 0.739. The Labute approximate surface area is 104 Å². The van der Waals surface area contributed by atoms with E-state index in [2.05, 4.69) is 27.4 Å². The molecule has 0 bridgehead atoms. The van der Waals surface area contributed by atoms with E-state index in [0.29, 0.717) is 0 Å². The van der Waals surface area contributed by atoms with Crippen LogP contribution >= 0.6 is 0 Å². The summed E-state index contributed by atoms with van der Waals surface area (Å²) >= 11 is 0. The Hall–Kier alpha value is -2.14. The maximum absolute atomic E-state index is 5.31. The number of nitrogens with zero attached hydrogens (tertiary/aromatic N) is 2. The largest absolute Gasteiger partial charge is 0.443 e. The summed E-state index contributed by atoms with van der Waals surface area (Å²) in [7, 11) is 1.92. The molecule has 0 saturated carbocycles. The summed E-state index contributed by atoms with van der Waals surface area (Å²) in [6.07, 6.45) is 1.46. The zero-order chi connectivity index (χ0) is 12.5. The molecule has 0 aliphatic rings. The summed E-state index contributed by atoms with van der Waals surface area (Å²) in [5.74, 6) is 0. The van der Waals surface area contributed by atoms with E-state index >= 15 is 0 Å². The standard InChI is InChI=1S/C13H14N4O/c1-8-11(6-14-2)16-17-13(8)9-3-4-10-12(5-9)18-7-15-10/h3-5,7,14H,6H2,1-2H3,(H,16,17). The molecule has 92 valence electrons. The van der Waals surface area contributed by atoms with Gasteiger partial charge in [-0.25, -0.2) is 4.98 Å². The van der Waals surface area contributed by atoms with Crippen LogP contribution in [-0.4, -0.2) is 22.2 Å². The van der Waals surface area contributed by atoms with E-state index in [9.17, 15) is 0 Å². The van der Waals surface area contributed by atoms with Gasteiger partial charge in [-0.2, -0.15) is 5.10 Å². The number of hydrogen-bond acceptors (Lipinski definition) is 4. The molecule has 5 heteroatoms. The first-order chi connectivity index (χ1) is 8.79. The van der Waals surface area contributed by atoms with Crippen LogP contribution in [0.5, 0.6) is 0 Å². The van der Waals surface area contributed by atoms with Crippen LogP contribution in [0.4, 0.5) is 0 Å². The van der Waals surface area contributed by atoms with Crippen LogP contribution in [0.15, 0.2) is 29.0 Å². The van der Waals surface area contributed by atoms with Gasteiger partial charge in [0.25, 0.3) is 0 Å². The van der Waals surface area contributed by atoms with Crippen molar-refractivity contribution in [3.05, 3.63) is 35.9 Å². The Morgan fingerprint density at radius 2 is 2.28 bits per heavy atom. The van der Waals surface area contributed by atoms with Crippen molar-refractivity contribution in [3.8, 4) is 11.3 Å². The molecule has 0 saturated heterocycles. The second-order valence-corrected chi connectivity index (χ2v) is 4.24. The van der Waals surface area contributed by atoms with Gasteiger partial charge < -0.3 is 9.73 Å². The van der Waals surface area contributed by atoms with Crippen molar-refractivity contribution in [1.82, 2.24) is 20.5 Å². The Morgan fingerprint density at radius 1 is 1.39 bits per heavy atom. The number of nitrogens with one attached hydrogen (secondary N) is 2. The smallest absolute Gasteiger partial charge is 0.181 e. The first kappa shape index (κ1) is 11.0. The average Bonchev–Trinajstić information content (AvgIpc) is 2.97. The summed E-state index contributed by atoms with van der Waals surface area (Å²) in [6.45, 7) is 2.85. The third kappa shape index (κ3) is 1.69. The van der Waals surface area contributed by atoms with Gasteiger partial charge in [-0.3, -0.25) is 5.10 Å². The molecule has 0 aliphatic carbocycles. The van der Waals surface area contributed by atoms with Crippen LogP contribution in [0.2, 0.25) is 0 Å². The monoisotopic (exact) mass is 242 g/mol. The number of aromatic nitrogens is 3. The van der Waals surface area contributed by atoms with E-state index < -0.39 is 0 Å². The van der Waals surface area contributed by atoms with Gasteiger partial charge in [0.05, 0.1) is 11.4 Å². The fraction of sp³-hybridized carbons (Fsp3) is 0.231. The Balaban J connectivity index is 2.07. The van der Waals surface area contributed by atoms with Crippen LogP contribution < -0.4 is 5.32 Å². The zero-order valence-electron chi connectivity index (χ0n) is 10.3. The number of aromatic amines is 1. The predicted octanol–water partition coefficient (Wildman–Crippen LogP) is 2.25. The molecule has 0 amide bonds. The van der Waals surface area contributed by atoms with E-state index in [1.165, 1.54) is 6.39 Å². The van der Waals surface area contributed by atoms with Gasteiger partial charge in [0.2, 0.25) is 0 Å². The summed E-state index contributed by atoms with van der Waals surface area (Å²) in [5, 5.41) is 10.5. The number of oxazole rings is 1. The molecule has 3 rings (SSSR count). The summed E-state index contributed by atoms with van der Waals surface area (Å²) < 4.78 is 5.31. The van der Waals surface area contributed by atoms with Crippen molar-refractivity contribution < 1.29 is 4.42 Å². The lowest BCUT2D eigenvalue weighted by Crippen LogP contribution is -2.06. The Kier molecular flexibility index (Phi) is 2.60. The first-order valence-corrected chi connectivity index (χ1v) is 5.81. The molecular weight excluding hydrogens is 228 g/mol. The second-order valence-electron chi connectivity index (χ2n) is 4.24. The molecular formula is C13H14N4O. The highest BCUT2D eigenvalue weighted by atomic mass is 16.3. The van der Waals surface area contributed by atoms with Crippen LogP contribution in [0.1, 0.15) is 11.3 Å². The van der Waals surface area contributed by atoms with Crippen LogP contribution in [0.25, 0.3) is 22.4 Å². The van der Waals surface area contributed by atoms with Gasteiger partial charge in [0.1, 0.15) is 5.52 Å². The van der Waals surface area contributed by atoms with Crippen molar-refractivity contribution in [1.29, 1.82) is 0 Å². The molecule has 3 aromatic rings. The molecule has 0 atom stereocenters. The molecule has 0 spiro atoms. The number of benzene rings is 1. The molecule has 18 heavy (non-hydrogen) atoms. The third-order valence-electron chi connectivity index (χ3n) is 3.07. The van der Waals surface area contributed by atoms with E-state index in [1.54, 1.807) is 0 Å². The normalized spacial score (nSPS) is 11.2. The fourth-order valence-electron chi connectivity index (χ4n) is 2.07. The number of rotatable bonds is 3. The topological polar surface area (TPSA) is 66.7 Å². The van der Waals surface area contributed by atoms with E-state index in [4.69, 9.17) is 4.42 Å². The van der Waals surface area contributed by atoms with Crippen molar-refractivity contribution >= 4 is 11.1 Å². The van der Waals surface area contributed by atoms with E-state index in [0.717, 1.165) is 40.2 Å². The zero-order valence-corrected chi connectivity index (χ0v) is 10.3. The van der Waals surface area contributed by atoms with Crippen molar-refractivity contribution in [3.63, 3.8) is 0 Å². The van der Waals surface area contributed by atoms with Crippen LogP contribution in [-0.2, 0) is 6.54 Å². The van der Waals surface area contributed by atoms with Gasteiger partial charge in [-0.15, -0.1) is 0 Å². The maximum Gasteiger partial charge on any atom is 0.181 e. The van der Waals surface area contributed by atoms with Gasteiger partial charge in [0, 0.05) is 12.1 Å². The van der Waals surface area contributed by atoms with Gasteiger partial charge in [0.15, 0.2) is 12.0 Å². The lowest BCUT2D eigenvalue weighted by molar-refractivity contribution is 0.602. The third-order valence-corrected chi connectivity index (χ3v) is 3.07. The lowest BCUT2D eigenvalue weighted by atomic mass is 10.1. The molecule has 2 aromatic heterocycles. The minimum absolute atomic E-state index is 0.781. The van der Waals surface area contributed by atoms with Crippen LogP contribution in [0, 0.1) is 6.92 Å². The molecule has 0 aliphatic heterocycles. The molecule has 1 aromatic carbocycles. The summed E-state index contributed by atoms with van der Waals surface area (Å²) in [6, 6.07) is 5.92. The highest BCUT2D eigenvalue weighted by Gasteiger charge is 2.11. The van der Waals surface area contributed by atoms with Crippen LogP contribution in [0.3, 0.4) is 0 Å². The fourth-order valence-corrected chi connectivity index (χ4v) is 2.07. The molecule has 2 N–H and O–H groups in total. The van der Waals surface area contributed by atoms with Gasteiger partial charge >= 0.3 is 0 Å². The lowest BCUT2D eigenvalue weighted by Gasteiger charge is -2.00. The van der Waals surface area contributed by atoms with Gasteiger partial charge in [-0.05, 0) is 31.7 Å². The average molecular weight is 242 g/mol. The Morgan fingerprint density at radius 3 is 3.11 bits per heavy atom. The van der Waals surface area contributed by atoms with Crippen molar-refractivity contribution in [2.75, 3.05) is 7.05 Å². The van der Waals surface area contributed by atoms with E-state index in [1.807, 2.05) is 25.2 Å². The number of H-pyrrole nitrogens is 1. The van der Waals surface area contributed by atoms with Crippen molar-refractivity contribution in [2.24, 2.45) is 0 Å². The number of hydrogen-bond donors (Lipinski definition) is 2. The molecule has 2 heterocycles. The first-order valence-electron chi connectivity index (χ1n) is 5.81. The van der Waals surface area contributed by atoms with E-state index in [-0.39, 0.29) is 0 Å². The highest BCUT2D eigenvalue weighted by Crippen LogP contribution is 2.26. The Bertz CT molecular complexity index is 683. The summed E-state index contributed by atoms with van der Waals surface area (Å²) in [4.78, 5) is 4.11.